The largest absolute Gasteiger partial charge is 0.273 e. The van der Waals surface area contributed by atoms with Gasteiger partial charge in [0.25, 0.3) is 0 Å². The molecule has 1 aliphatic carbocycles. The summed E-state index contributed by atoms with van der Waals surface area (Å²) in [5, 5.41) is 4.28. The number of amides is 1. The number of hydrogen-bond donors (Lipinski definition) is 1. The highest BCUT2D eigenvalue weighted by Crippen LogP contribution is 2.47. The summed E-state index contributed by atoms with van der Waals surface area (Å²) in [6.45, 7) is 6.27. The lowest BCUT2D eigenvalue weighted by Gasteiger charge is -2.07. The van der Waals surface area contributed by atoms with Crippen LogP contribution in [0, 0.1) is 5.92 Å². The molecule has 0 bridgehead atoms. The molecule has 1 N–H and O–H groups in total. The van der Waals surface area contributed by atoms with Crippen LogP contribution in [0.2, 0.25) is 0 Å². The molecular formula is C21H24N2O. The van der Waals surface area contributed by atoms with Crippen molar-refractivity contribution < 1.29 is 4.79 Å². The third-order valence-corrected chi connectivity index (χ3v) is 4.68. The minimum absolute atomic E-state index is 0.0157. The third-order valence-electron chi connectivity index (χ3n) is 4.68. The molecule has 0 spiro atoms. The van der Waals surface area contributed by atoms with Crippen molar-refractivity contribution in [2.75, 3.05) is 0 Å². The summed E-state index contributed by atoms with van der Waals surface area (Å²) in [5.74, 6) is 0.919. The maximum absolute atomic E-state index is 12.3. The van der Waals surface area contributed by atoms with Crippen molar-refractivity contribution in [1.82, 2.24) is 5.43 Å². The van der Waals surface area contributed by atoms with Crippen LogP contribution in [-0.4, -0.2) is 11.6 Å². The Hall–Kier alpha value is -2.42. The SMILES string of the molecule is C/C(=N/NC(=O)[C@@H]1C[C@@H]1c1ccccc1)c1ccc(C(C)C)cc1. The maximum Gasteiger partial charge on any atom is 0.243 e. The van der Waals surface area contributed by atoms with Crippen molar-refractivity contribution in [2.24, 2.45) is 11.0 Å². The second-order valence-corrected chi connectivity index (χ2v) is 6.81. The Morgan fingerprint density at radius 1 is 1.08 bits per heavy atom. The lowest BCUT2D eigenvalue weighted by atomic mass is 10.0. The van der Waals surface area contributed by atoms with E-state index in [1.54, 1.807) is 0 Å². The minimum atomic E-state index is 0.0157. The number of nitrogens with zero attached hydrogens (tertiary/aromatic N) is 1. The van der Waals surface area contributed by atoms with E-state index in [0.717, 1.165) is 17.7 Å². The highest BCUT2D eigenvalue weighted by Gasteiger charge is 2.43. The van der Waals surface area contributed by atoms with E-state index in [0.29, 0.717) is 11.8 Å². The van der Waals surface area contributed by atoms with Gasteiger partial charge >= 0.3 is 0 Å². The van der Waals surface area contributed by atoms with Gasteiger partial charge in [0, 0.05) is 5.92 Å². The standard InChI is InChI=1S/C21H24N2O/c1-14(2)16-9-11-17(12-10-16)15(3)22-23-21(24)20-13-19(20)18-7-5-4-6-8-18/h4-12,14,19-20H,13H2,1-3H3,(H,23,24)/b22-15-/t19-,20-/m1/s1. The lowest BCUT2D eigenvalue weighted by molar-refractivity contribution is -0.122. The van der Waals surface area contributed by atoms with Crippen LogP contribution in [0.4, 0.5) is 0 Å². The molecule has 2 aromatic rings. The molecule has 1 aliphatic rings. The molecule has 3 rings (SSSR count). The first-order chi connectivity index (χ1) is 11.6. The van der Waals surface area contributed by atoms with Crippen molar-refractivity contribution in [3.8, 4) is 0 Å². The van der Waals surface area contributed by atoms with Crippen LogP contribution < -0.4 is 5.43 Å². The smallest absolute Gasteiger partial charge is 0.243 e. The molecule has 0 aliphatic heterocycles. The molecular weight excluding hydrogens is 296 g/mol. The van der Waals surface area contributed by atoms with Gasteiger partial charge in [-0.1, -0.05) is 68.4 Å². The number of hydrazone groups is 1. The molecule has 1 saturated carbocycles. The monoisotopic (exact) mass is 320 g/mol. The van der Waals surface area contributed by atoms with Crippen LogP contribution in [0.15, 0.2) is 59.7 Å². The van der Waals surface area contributed by atoms with Gasteiger partial charge in [-0.3, -0.25) is 4.79 Å². The summed E-state index contributed by atoms with van der Waals surface area (Å²) in [5.41, 5.74) is 7.14. The van der Waals surface area contributed by atoms with Crippen molar-refractivity contribution in [1.29, 1.82) is 0 Å². The van der Waals surface area contributed by atoms with Gasteiger partial charge in [0.05, 0.1) is 5.71 Å². The van der Waals surface area contributed by atoms with Crippen molar-refractivity contribution in [3.05, 3.63) is 71.3 Å². The molecule has 3 heteroatoms. The number of rotatable bonds is 5. The fraction of sp³-hybridized carbons (Fsp3) is 0.333. The fourth-order valence-electron chi connectivity index (χ4n) is 2.95. The molecule has 0 aromatic heterocycles. The second-order valence-electron chi connectivity index (χ2n) is 6.81. The number of carbonyl (C=O) groups is 1. The van der Waals surface area contributed by atoms with Crippen molar-refractivity contribution in [3.63, 3.8) is 0 Å². The van der Waals surface area contributed by atoms with E-state index >= 15 is 0 Å². The predicted octanol–water partition coefficient (Wildman–Crippen LogP) is 4.45. The van der Waals surface area contributed by atoms with Crippen LogP contribution in [0.1, 0.15) is 55.7 Å². The van der Waals surface area contributed by atoms with Crippen LogP contribution in [0.3, 0.4) is 0 Å². The fourth-order valence-corrected chi connectivity index (χ4v) is 2.95. The zero-order valence-electron chi connectivity index (χ0n) is 14.5. The Morgan fingerprint density at radius 2 is 1.75 bits per heavy atom. The average molecular weight is 320 g/mol. The van der Waals surface area contributed by atoms with Gasteiger partial charge < -0.3 is 0 Å². The molecule has 2 aromatic carbocycles. The summed E-state index contributed by atoms with van der Waals surface area (Å²) in [6.07, 6.45) is 0.910. The maximum atomic E-state index is 12.3. The first-order valence-corrected chi connectivity index (χ1v) is 8.55. The number of benzene rings is 2. The minimum Gasteiger partial charge on any atom is -0.273 e. The molecule has 1 amide bonds. The Balaban J connectivity index is 1.58. The summed E-state index contributed by atoms with van der Waals surface area (Å²) in [4.78, 5) is 12.3. The van der Waals surface area contributed by atoms with E-state index in [1.165, 1.54) is 11.1 Å². The third kappa shape index (κ3) is 3.73. The van der Waals surface area contributed by atoms with E-state index in [9.17, 15) is 4.79 Å². The second kappa shape index (κ2) is 7.00. The predicted molar refractivity (Wildman–Crippen MR) is 98.2 cm³/mol. The summed E-state index contributed by atoms with van der Waals surface area (Å²) < 4.78 is 0. The topological polar surface area (TPSA) is 41.5 Å². The van der Waals surface area contributed by atoms with Gasteiger partial charge in [-0.15, -0.1) is 0 Å². The normalized spacial score (nSPS) is 20.1. The van der Waals surface area contributed by atoms with Crippen LogP contribution in [0.25, 0.3) is 0 Å². The molecule has 0 unspecified atom stereocenters. The van der Waals surface area contributed by atoms with Crippen LogP contribution >= 0.6 is 0 Å². The number of hydrogen-bond acceptors (Lipinski definition) is 2. The molecule has 2 atom stereocenters. The zero-order chi connectivity index (χ0) is 17.1. The Labute approximate surface area is 143 Å². The van der Waals surface area contributed by atoms with E-state index in [1.807, 2.05) is 25.1 Å². The van der Waals surface area contributed by atoms with Gasteiger partial charge in [0.15, 0.2) is 0 Å². The Morgan fingerprint density at radius 3 is 2.38 bits per heavy atom. The number of nitrogens with one attached hydrogen (secondary N) is 1. The van der Waals surface area contributed by atoms with Gasteiger partial charge in [0.1, 0.15) is 0 Å². The van der Waals surface area contributed by atoms with Crippen LogP contribution in [0.5, 0.6) is 0 Å². The zero-order valence-corrected chi connectivity index (χ0v) is 14.5. The van der Waals surface area contributed by atoms with E-state index in [2.05, 4.69) is 60.8 Å². The molecule has 0 saturated heterocycles. The lowest BCUT2D eigenvalue weighted by Crippen LogP contribution is -2.21. The summed E-state index contributed by atoms with van der Waals surface area (Å²) in [7, 11) is 0. The first kappa shape index (κ1) is 16.4. The average Bonchev–Trinajstić information content (AvgIpc) is 3.41. The Kier molecular flexibility index (Phi) is 4.79. The molecule has 124 valence electrons. The highest BCUT2D eigenvalue weighted by atomic mass is 16.2. The molecule has 0 heterocycles. The quantitative estimate of drug-likeness (QED) is 0.641. The first-order valence-electron chi connectivity index (χ1n) is 8.55. The van der Waals surface area contributed by atoms with Gasteiger partial charge in [0.2, 0.25) is 5.91 Å². The van der Waals surface area contributed by atoms with E-state index in [-0.39, 0.29) is 11.8 Å². The summed E-state index contributed by atoms with van der Waals surface area (Å²) >= 11 is 0. The van der Waals surface area contributed by atoms with Crippen LogP contribution in [-0.2, 0) is 4.79 Å². The summed E-state index contributed by atoms with van der Waals surface area (Å²) in [6, 6.07) is 18.6. The van der Waals surface area contributed by atoms with Gasteiger partial charge in [-0.2, -0.15) is 5.10 Å². The Bertz CT molecular complexity index is 732. The van der Waals surface area contributed by atoms with E-state index in [4.69, 9.17) is 0 Å². The van der Waals surface area contributed by atoms with E-state index < -0.39 is 0 Å². The van der Waals surface area contributed by atoms with Crippen molar-refractivity contribution >= 4 is 11.6 Å². The van der Waals surface area contributed by atoms with Gasteiger partial charge in [-0.25, -0.2) is 5.43 Å². The highest BCUT2D eigenvalue weighted by molar-refractivity contribution is 5.99. The number of carbonyl (C=O) groups excluding carboxylic acids is 1. The van der Waals surface area contributed by atoms with Crippen molar-refractivity contribution in [2.45, 2.75) is 39.0 Å². The molecule has 1 fully saturated rings. The van der Waals surface area contributed by atoms with Gasteiger partial charge in [-0.05, 0) is 41.9 Å². The molecule has 0 radical (unpaired) electrons. The molecule has 24 heavy (non-hydrogen) atoms. The molecule has 3 nitrogen and oxygen atoms in total.